The van der Waals surface area contributed by atoms with Crippen molar-refractivity contribution in [3.05, 3.63) is 0 Å². The number of nitrogens with zero attached hydrogens (tertiary/aromatic N) is 1. The van der Waals surface area contributed by atoms with Gasteiger partial charge in [0.05, 0.1) is 14.2 Å². The molecule has 0 radical (unpaired) electrons. The monoisotopic (exact) mass is 257 g/mol. The zero-order valence-corrected chi connectivity index (χ0v) is 11.2. The van der Waals surface area contributed by atoms with Gasteiger partial charge in [0, 0.05) is 5.92 Å². The average molecular weight is 257 g/mol. The van der Waals surface area contributed by atoms with Crippen LogP contribution in [0.25, 0.3) is 0 Å². The van der Waals surface area contributed by atoms with E-state index in [0.29, 0.717) is 0 Å². The molecule has 1 aliphatic rings. The zero-order valence-electron chi connectivity index (χ0n) is 11.2. The lowest BCUT2D eigenvalue weighted by atomic mass is 10.1. The van der Waals surface area contributed by atoms with Gasteiger partial charge in [0.25, 0.3) is 0 Å². The Kier molecular flexibility index (Phi) is 4.32. The number of carbonyl (C=O) groups is 3. The van der Waals surface area contributed by atoms with Crippen LogP contribution in [0.2, 0.25) is 0 Å². The fourth-order valence-electron chi connectivity index (χ4n) is 1.76. The summed E-state index contributed by atoms with van der Waals surface area (Å²) in [5.41, 5.74) is -0.0540. The Hall–Kier alpha value is -1.59. The van der Waals surface area contributed by atoms with Crippen LogP contribution in [-0.4, -0.2) is 50.1 Å². The maximum Gasteiger partial charge on any atom is 0.325 e. The Balaban J connectivity index is 2.68. The van der Waals surface area contributed by atoms with E-state index < -0.39 is 11.9 Å². The topological polar surface area (TPSA) is 72.9 Å². The van der Waals surface area contributed by atoms with E-state index in [2.05, 4.69) is 9.47 Å². The summed E-state index contributed by atoms with van der Waals surface area (Å²) in [5, 5.41) is 0. The Morgan fingerprint density at radius 2 is 1.50 bits per heavy atom. The zero-order chi connectivity index (χ0) is 13.9. The normalized spacial score (nSPS) is 19.9. The second kappa shape index (κ2) is 5.37. The fourth-order valence-corrected chi connectivity index (χ4v) is 1.76. The maximum atomic E-state index is 12.1. The predicted octanol–water partition coefficient (Wildman–Crippen LogP) is 0.207. The highest BCUT2D eigenvalue weighted by Gasteiger charge is 2.52. The Morgan fingerprint density at radius 3 is 1.78 bits per heavy atom. The lowest BCUT2D eigenvalue weighted by Crippen LogP contribution is -2.41. The number of esters is 2. The summed E-state index contributed by atoms with van der Waals surface area (Å²) < 4.78 is 9.03. The molecule has 0 N–H and O–H groups in total. The van der Waals surface area contributed by atoms with Gasteiger partial charge < -0.3 is 14.4 Å². The van der Waals surface area contributed by atoms with Gasteiger partial charge in [-0.2, -0.15) is 0 Å². The van der Waals surface area contributed by atoms with Crippen molar-refractivity contribution in [3.63, 3.8) is 0 Å². The number of hydrogen-bond donors (Lipinski definition) is 0. The van der Waals surface area contributed by atoms with Crippen LogP contribution in [-0.2, 0) is 23.9 Å². The molecule has 0 spiro atoms. The molecule has 18 heavy (non-hydrogen) atoms. The molecule has 1 aliphatic carbocycles. The molecule has 6 nitrogen and oxygen atoms in total. The van der Waals surface area contributed by atoms with E-state index in [1.165, 1.54) is 19.1 Å². The summed E-state index contributed by atoms with van der Waals surface area (Å²) in [7, 11) is 2.48. The Bertz CT molecular complexity index is 345. The number of rotatable bonds is 5. The van der Waals surface area contributed by atoms with E-state index in [1.807, 2.05) is 13.8 Å². The number of hydrogen-bond acceptors (Lipinski definition) is 5. The van der Waals surface area contributed by atoms with Crippen LogP contribution in [0.5, 0.6) is 0 Å². The van der Waals surface area contributed by atoms with Crippen molar-refractivity contribution in [2.75, 3.05) is 27.3 Å². The van der Waals surface area contributed by atoms with Gasteiger partial charge in [0.2, 0.25) is 5.91 Å². The molecule has 1 unspecified atom stereocenters. The summed E-state index contributed by atoms with van der Waals surface area (Å²) in [6, 6.07) is 0. The van der Waals surface area contributed by atoms with Crippen LogP contribution in [0.15, 0.2) is 0 Å². The van der Waals surface area contributed by atoms with Crippen LogP contribution in [0.3, 0.4) is 0 Å². The molecule has 1 amide bonds. The minimum absolute atomic E-state index is 0.0540. The number of ether oxygens (including phenoxy) is 2. The van der Waals surface area contributed by atoms with Crippen LogP contribution in [0.1, 0.15) is 20.3 Å². The minimum atomic E-state index is -0.550. The van der Waals surface area contributed by atoms with Crippen molar-refractivity contribution in [3.8, 4) is 0 Å². The summed E-state index contributed by atoms with van der Waals surface area (Å²) in [5.74, 6) is -1.43. The van der Waals surface area contributed by atoms with Crippen molar-refractivity contribution >= 4 is 17.8 Å². The fraction of sp³-hybridized carbons (Fsp3) is 0.750. The van der Waals surface area contributed by atoms with Gasteiger partial charge in [-0.3, -0.25) is 14.4 Å². The minimum Gasteiger partial charge on any atom is -0.468 e. The second-order valence-electron chi connectivity index (χ2n) is 5.09. The van der Waals surface area contributed by atoms with E-state index in [0.717, 1.165) is 6.42 Å². The van der Waals surface area contributed by atoms with Gasteiger partial charge in [-0.1, -0.05) is 13.8 Å². The van der Waals surface area contributed by atoms with Crippen LogP contribution < -0.4 is 0 Å². The molecule has 0 saturated heterocycles. The molecule has 1 saturated carbocycles. The van der Waals surface area contributed by atoms with Gasteiger partial charge >= 0.3 is 11.9 Å². The molecular weight excluding hydrogens is 238 g/mol. The molecule has 0 bridgehead atoms. The summed E-state index contributed by atoms with van der Waals surface area (Å²) in [6.45, 7) is 3.50. The molecule has 102 valence electrons. The number of amides is 1. The van der Waals surface area contributed by atoms with Crippen LogP contribution in [0.4, 0.5) is 0 Å². The first-order valence-corrected chi connectivity index (χ1v) is 5.74. The van der Waals surface area contributed by atoms with Gasteiger partial charge in [-0.15, -0.1) is 0 Å². The standard InChI is InChI=1S/C12H19NO5/c1-12(2)5-8(12)11(16)13(6-9(14)17-3)7-10(15)18-4/h8H,5-7H2,1-4H3. The lowest BCUT2D eigenvalue weighted by molar-refractivity contribution is -0.152. The third-order valence-corrected chi connectivity index (χ3v) is 3.22. The van der Waals surface area contributed by atoms with Gasteiger partial charge in [0.1, 0.15) is 13.1 Å². The van der Waals surface area contributed by atoms with Crippen LogP contribution >= 0.6 is 0 Å². The highest BCUT2D eigenvalue weighted by Crippen LogP contribution is 2.52. The molecule has 6 heteroatoms. The first kappa shape index (κ1) is 14.5. The number of methoxy groups -OCH3 is 2. The SMILES string of the molecule is COC(=O)CN(CC(=O)OC)C(=O)C1CC1(C)C. The van der Waals surface area contributed by atoms with Gasteiger partial charge in [-0.05, 0) is 11.8 Å². The van der Waals surface area contributed by atoms with Crippen LogP contribution in [0, 0.1) is 11.3 Å². The molecule has 0 aromatic carbocycles. The number of carbonyl (C=O) groups excluding carboxylic acids is 3. The lowest BCUT2D eigenvalue weighted by Gasteiger charge is -2.20. The van der Waals surface area contributed by atoms with E-state index in [9.17, 15) is 14.4 Å². The maximum absolute atomic E-state index is 12.1. The second-order valence-corrected chi connectivity index (χ2v) is 5.09. The molecular formula is C12H19NO5. The highest BCUT2D eigenvalue weighted by molar-refractivity contribution is 5.89. The Labute approximate surface area is 106 Å². The van der Waals surface area contributed by atoms with E-state index >= 15 is 0 Å². The van der Waals surface area contributed by atoms with Crippen molar-refractivity contribution in [2.24, 2.45) is 11.3 Å². The van der Waals surface area contributed by atoms with Gasteiger partial charge in [-0.25, -0.2) is 0 Å². The largest absolute Gasteiger partial charge is 0.468 e. The molecule has 0 heterocycles. The molecule has 1 atom stereocenters. The molecule has 1 fully saturated rings. The molecule has 1 rings (SSSR count). The smallest absolute Gasteiger partial charge is 0.325 e. The molecule has 0 aromatic rings. The summed E-state index contributed by atoms with van der Waals surface area (Å²) in [4.78, 5) is 35.8. The average Bonchev–Trinajstić information content (AvgIpc) is 2.96. The van der Waals surface area contributed by atoms with E-state index in [-0.39, 0.29) is 30.3 Å². The third-order valence-electron chi connectivity index (χ3n) is 3.22. The summed E-state index contributed by atoms with van der Waals surface area (Å²) in [6.07, 6.45) is 0.769. The third kappa shape index (κ3) is 3.45. The highest BCUT2D eigenvalue weighted by atomic mass is 16.5. The van der Waals surface area contributed by atoms with E-state index in [1.54, 1.807) is 0 Å². The van der Waals surface area contributed by atoms with E-state index in [4.69, 9.17) is 0 Å². The first-order valence-electron chi connectivity index (χ1n) is 5.74. The van der Waals surface area contributed by atoms with Crippen molar-refractivity contribution < 1.29 is 23.9 Å². The Morgan fingerprint density at radius 1 is 1.11 bits per heavy atom. The molecule has 0 aromatic heterocycles. The predicted molar refractivity (Wildman–Crippen MR) is 62.5 cm³/mol. The molecule has 0 aliphatic heterocycles. The summed E-state index contributed by atoms with van der Waals surface area (Å²) >= 11 is 0. The quantitative estimate of drug-likeness (QED) is 0.658. The van der Waals surface area contributed by atoms with Crippen molar-refractivity contribution in [1.82, 2.24) is 4.90 Å². The first-order chi connectivity index (χ1) is 8.31. The van der Waals surface area contributed by atoms with Gasteiger partial charge in [0.15, 0.2) is 0 Å². The van der Waals surface area contributed by atoms with Crippen molar-refractivity contribution in [2.45, 2.75) is 20.3 Å². The van der Waals surface area contributed by atoms with Crippen molar-refractivity contribution in [1.29, 1.82) is 0 Å².